The summed E-state index contributed by atoms with van der Waals surface area (Å²) in [6.07, 6.45) is -3.19. The minimum absolute atomic E-state index is 0.0425. The second-order valence-electron chi connectivity index (χ2n) is 2.69. The Balaban J connectivity index is 2.63. The highest BCUT2D eigenvalue weighted by atomic mass is 16.7. The Bertz CT molecular complexity index is 218. The molecule has 74 valence electrons. The molecule has 7 nitrogen and oxygen atoms in total. The Kier molecular flexibility index (Phi) is 3.47. The molecule has 0 radical (unpaired) electrons. The van der Waals surface area contributed by atoms with Gasteiger partial charge in [0.05, 0.1) is 18.8 Å². The zero-order valence-electron chi connectivity index (χ0n) is 7.07. The summed E-state index contributed by atoms with van der Waals surface area (Å²) in [6.45, 7) is 0.0425. The molecule has 0 amide bonds. The summed E-state index contributed by atoms with van der Waals surface area (Å²) in [4.78, 5) is 2.53. The van der Waals surface area contributed by atoms with Gasteiger partial charge in [-0.25, -0.2) is 0 Å². The van der Waals surface area contributed by atoms with Crippen molar-refractivity contribution < 1.29 is 19.7 Å². The number of methoxy groups -OCH3 is 1. The van der Waals surface area contributed by atoms with Gasteiger partial charge in [0.25, 0.3) is 0 Å². The van der Waals surface area contributed by atoms with Crippen LogP contribution >= 0.6 is 0 Å². The second-order valence-corrected chi connectivity index (χ2v) is 2.69. The molecule has 7 heteroatoms. The average Bonchev–Trinajstić information content (AvgIpc) is 2.14. The van der Waals surface area contributed by atoms with Crippen LogP contribution in [0.4, 0.5) is 0 Å². The van der Waals surface area contributed by atoms with Crippen molar-refractivity contribution in [3.05, 3.63) is 10.4 Å². The molecule has 0 aromatic rings. The molecule has 1 rings (SSSR count). The molecule has 0 bridgehead atoms. The van der Waals surface area contributed by atoms with Gasteiger partial charge in [-0.15, -0.1) is 0 Å². The normalized spacial score (nSPS) is 39.6. The van der Waals surface area contributed by atoms with Gasteiger partial charge in [0.1, 0.15) is 6.10 Å². The van der Waals surface area contributed by atoms with Gasteiger partial charge < -0.3 is 19.7 Å². The molecule has 0 unspecified atom stereocenters. The molecule has 0 spiro atoms. The van der Waals surface area contributed by atoms with E-state index in [2.05, 4.69) is 10.0 Å². The molecule has 13 heavy (non-hydrogen) atoms. The first kappa shape index (κ1) is 10.2. The Hall–Kier alpha value is -0.850. The van der Waals surface area contributed by atoms with Crippen LogP contribution in [0.2, 0.25) is 0 Å². The Morgan fingerprint density at radius 3 is 2.77 bits per heavy atom. The molecule has 1 aliphatic rings. The molecule has 0 saturated carbocycles. The molecule has 4 atom stereocenters. The van der Waals surface area contributed by atoms with E-state index < -0.39 is 24.5 Å². The van der Waals surface area contributed by atoms with Crippen molar-refractivity contribution in [3.8, 4) is 0 Å². The lowest BCUT2D eigenvalue weighted by atomic mass is 10.0. The van der Waals surface area contributed by atoms with E-state index in [0.29, 0.717) is 0 Å². The number of nitrogens with zero attached hydrogens (tertiary/aromatic N) is 3. The fourth-order valence-electron chi connectivity index (χ4n) is 1.15. The number of aliphatic hydroxyl groups excluding tert-OH is 2. The number of rotatable bonds is 2. The maximum absolute atomic E-state index is 9.40. The topological polar surface area (TPSA) is 108 Å². The van der Waals surface area contributed by atoms with E-state index in [4.69, 9.17) is 15.0 Å². The maximum atomic E-state index is 9.40. The molecule has 1 aliphatic heterocycles. The van der Waals surface area contributed by atoms with E-state index in [1.165, 1.54) is 7.11 Å². The summed E-state index contributed by atoms with van der Waals surface area (Å²) in [6, 6.07) is -0.758. The van der Waals surface area contributed by atoms with Crippen LogP contribution in [0, 0.1) is 0 Å². The standard InChI is InChI=1S/C6H11N3O4/c1-12-6-5(11)4(10)3(2-13-6)8-9-7/h3-6,10-11H,2H2,1H3/t3-,4+,5-,6+/m1/s1. The fourth-order valence-corrected chi connectivity index (χ4v) is 1.15. The van der Waals surface area contributed by atoms with Crippen LogP contribution in [-0.2, 0) is 9.47 Å². The second kappa shape index (κ2) is 4.40. The minimum Gasteiger partial charge on any atom is -0.390 e. The zero-order chi connectivity index (χ0) is 9.84. The quantitative estimate of drug-likeness (QED) is 0.343. The van der Waals surface area contributed by atoms with Gasteiger partial charge in [-0.1, -0.05) is 5.11 Å². The van der Waals surface area contributed by atoms with Gasteiger partial charge in [-0.05, 0) is 5.53 Å². The van der Waals surface area contributed by atoms with E-state index in [-0.39, 0.29) is 6.61 Å². The van der Waals surface area contributed by atoms with Crippen molar-refractivity contribution in [1.82, 2.24) is 0 Å². The van der Waals surface area contributed by atoms with Crippen LogP contribution < -0.4 is 0 Å². The molecule has 2 N–H and O–H groups in total. The summed E-state index contributed by atoms with van der Waals surface area (Å²) in [5.41, 5.74) is 8.12. The Morgan fingerprint density at radius 1 is 1.54 bits per heavy atom. The number of ether oxygens (including phenoxy) is 2. The van der Waals surface area contributed by atoms with Crippen molar-refractivity contribution >= 4 is 0 Å². The van der Waals surface area contributed by atoms with Crippen LogP contribution in [0.15, 0.2) is 5.11 Å². The highest BCUT2D eigenvalue weighted by Gasteiger charge is 2.37. The van der Waals surface area contributed by atoms with Crippen molar-refractivity contribution in [3.63, 3.8) is 0 Å². The van der Waals surface area contributed by atoms with Crippen LogP contribution in [0.3, 0.4) is 0 Å². The SMILES string of the molecule is CO[C@H]1OC[C@@H](N=[N+]=[N-])[C@H](O)[C@H]1O. The third-order valence-corrected chi connectivity index (χ3v) is 1.89. The average molecular weight is 189 g/mol. The first-order valence-electron chi connectivity index (χ1n) is 3.75. The third kappa shape index (κ3) is 2.09. The summed E-state index contributed by atoms with van der Waals surface area (Å²) in [5, 5.41) is 22.0. The first-order valence-corrected chi connectivity index (χ1v) is 3.75. The molecule has 0 aliphatic carbocycles. The summed E-state index contributed by atoms with van der Waals surface area (Å²) in [7, 11) is 1.36. The van der Waals surface area contributed by atoms with E-state index in [9.17, 15) is 10.2 Å². The largest absolute Gasteiger partial charge is 0.390 e. The summed E-state index contributed by atoms with van der Waals surface area (Å²) >= 11 is 0. The predicted octanol–water partition coefficient (Wildman–Crippen LogP) is -0.610. The number of hydrogen-bond acceptors (Lipinski definition) is 5. The lowest BCUT2D eigenvalue weighted by Gasteiger charge is -2.34. The van der Waals surface area contributed by atoms with Gasteiger partial charge in [0, 0.05) is 12.0 Å². The smallest absolute Gasteiger partial charge is 0.185 e. The van der Waals surface area contributed by atoms with Gasteiger partial charge in [0.15, 0.2) is 6.29 Å². The zero-order valence-corrected chi connectivity index (χ0v) is 7.07. The van der Waals surface area contributed by atoms with Crippen LogP contribution in [0.1, 0.15) is 0 Å². The molecular formula is C6H11N3O4. The van der Waals surface area contributed by atoms with Gasteiger partial charge in [-0.3, -0.25) is 0 Å². The van der Waals surface area contributed by atoms with E-state index >= 15 is 0 Å². The molecule has 1 heterocycles. The van der Waals surface area contributed by atoms with Crippen LogP contribution in [-0.4, -0.2) is 48.5 Å². The number of azide groups is 1. The third-order valence-electron chi connectivity index (χ3n) is 1.89. The lowest BCUT2D eigenvalue weighted by Crippen LogP contribution is -2.52. The van der Waals surface area contributed by atoms with Crippen LogP contribution in [0.25, 0.3) is 10.4 Å². The first-order chi connectivity index (χ1) is 6.20. The van der Waals surface area contributed by atoms with Crippen molar-refractivity contribution in [2.45, 2.75) is 24.5 Å². The molecule has 0 aromatic carbocycles. The van der Waals surface area contributed by atoms with Gasteiger partial charge in [-0.2, -0.15) is 0 Å². The van der Waals surface area contributed by atoms with Crippen molar-refractivity contribution in [2.75, 3.05) is 13.7 Å². The van der Waals surface area contributed by atoms with E-state index in [0.717, 1.165) is 0 Å². The number of hydrogen-bond donors (Lipinski definition) is 2. The summed E-state index contributed by atoms with van der Waals surface area (Å²) < 4.78 is 9.71. The molecular weight excluding hydrogens is 178 g/mol. The minimum atomic E-state index is -1.19. The number of aliphatic hydroxyl groups is 2. The highest BCUT2D eigenvalue weighted by molar-refractivity contribution is 4.87. The lowest BCUT2D eigenvalue weighted by molar-refractivity contribution is -0.237. The van der Waals surface area contributed by atoms with Crippen LogP contribution in [0.5, 0.6) is 0 Å². The summed E-state index contributed by atoms with van der Waals surface area (Å²) in [5.74, 6) is 0. The van der Waals surface area contributed by atoms with Gasteiger partial charge >= 0.3 is 0 Å². The van der Waals surface area contributed by atoms with Crippen molar-refractivity contribution in [1.29, 1.82) is 0 Å². The van der Waals surface area contributed by atoms with Gasteiger partial charge in [0.2, 0.25) is 0 Å². The Morgan fingerprint density at radius 2 is 2.23 bits per heavy atom. The molecule has 0 aromatic heterocycles. The van der Waals surface area contributed by atoms with Crippen molar-refractivity contribution in [2.24, 2.45) is 5.11 Å². The maximum Gasteiger partial charge on any atom is 0.185 e. The monoisotopic (exact) mass is 189 g/mol. The fraction of sp³-hybridized carbons (Fsp3) is 1.00. The predicted molar refractivity (Wildman–Crippen MR) is 41.7 cm³/mol. The highest BCUT2D eigenvalue weighted by Crippen LogP contribution is 2.18. The van der Waals surface area contributed by atoms with E-state index in [1.54, 1.807) is 0 Å². The molecule has 1 fully saturated rings. The molecule has 1 saturated heterocycles. The Labute approximate surface area is 74.5 Å². The van der Waals surface area contributed by atoms with E-state index in [1.807, 2.05) is 0 Å².